The molecule has 1 aliphatic carbocycles. The Balaban J connectivity index is 2.07. The molecule has 0 unspecified atom stereocenters. The molecule has 1 aromatic carbocycles. The minimum Gasteiger partial charge on any atom is -0.372 e. The van der Waals surface area contributed by atoms with Crippen molar-refractivity contribution in [3.63, 3.8) is 0 Å². The maximum atomic E-state index is 12.4. The maximum Gasteiger partial charge on any atom is 0.269 e. The predicted molar refractivity (Wildman–Crippen MR) is 82.4 cm³/mol. The molecule has 1 N–H and O–H groups in total. The molecule has 0 aliphatic heterocycles. The molecule has 0 heterocycles. The number of carbonyl (C=O) groups excluding carboxylic acids is 1. The number of Topliss-reactive ketones (excluding diaryl/α,β-unsaturated/α-hetero) is 1. The first-order chi connectivity index (χ1) is 10.5. The van der Waals surface area contributed by atoms with E-state index in [0.717, 1.165) is 19.3 Å². The van der Waals surface area contributed by atoms with Crippen LogP contribution in [-0.4, -0.2) is 29.1 Å². The number of hydrogen-bond donors (Lipinski definition) is 1. The van der Waals surface area contributed by atoms with E-state index in [1.54, 1.807) is 19.2 Å². The molecule has 0 amide bonds. The first kappa shape index (κ1) is 16.3. The smallest absolute Gasteiger partial charge is 0.269 e. The third-order valence-corrected chi connectivity index (χ3v) is 4.30. The highest BCUT2D eigenvalue weighted by atomic mass is 16.6. The van der Waals surface area contributed by atoms with E-state index in [4.69, 9.17) is 10.1 Å². The van der Waals surface area contributed by atoms with Crippen LogP contribution in [0.15, 0.2) is 24.3 Å². The molecule has 22 heavy (non-hydrogen) atoms. The monoisotopic (exact) mass is 304 g/mol. The van der Waals surface area contributed by atoms with E-state index in [1.807, 2.05) is 0 Å². The summed E-state index contributed by atoms with van der Waals surface area (Å²) in [4.78, 5) is 22.5. The van der Waals surface area contributed by atoms with Crippen LogP contribution in [0.4, 0.5) is 5.69 Å². The predicted octanol–water partition coefficient (Wildman–Crippen LogP) is 3.08. The van der Waals surface area contributed by atoms with Gasteiger partial charge in [0, 0.05) is 25.7 Å². The van der Waals surface area contributed by atoms with Crippen LogP contribution in [0.1, 0.15) is 37.7 Å². The zero-order valence-corrected chi connectivity index (χ0v) is 12.6. The van der Waals surface area contributed by atoms with E-state index in [1.165, 1.54) is 12.1 Å². The van der Waals surface area contributed by atoms with Gasteiger partial charge in [-0.25, -0.2) is 0 Å². The van der Waals surface area contributed by atoms with Gasteiger partial charge in [0.2, 0.25) is 0 Å². The van der Waals surface area contributed by atoms with Crippen LogP contribution in [-0.2, 0) is 16.0 Å². The van der Waals surface area contributed by atoms with E-state index >= 15 is 0 Å². The van der Waals surface area contributed by atoms with E-state index in [9.17, 15) is 14.9 Å². The second kappa shape index (κ2) is 6.79. The topological polar surface area (TPSA) is 93.3 Å². The Bertz CT molecular complexity index is 574. The van der Waals surface area contributed by atoms with Gasteiger partial charge < -0.3 is 4.74 Å². The van der Waals surface area contributed by atoms with Crippen molar-refractivity contribution < 1.29 is 14.5 Å². The molecule has 2 rings (SSSR count). The molecular weight excluding hydrogens is 284 g/mol. The minimum absolute atomic E-state index is 0.00748. The van der Waals surface area contributed by atoms with E-state index in [0.29, 0.717) is 18.4 Å². The molecule has 0 atom stereocenters. The Hall–Kier alpha value is -2.08. The number of non-ortho nitro benzene ring substituents is 1. The van der Waals surface area contributed by atoms with Crippen LogP contribution in [0.5, 0.6) is 0 Å². The SMILES string of the molecule is COC1(C(=N)C(=O)Cc2ccc([N+](=O)[O-])cc2)CCCCC1. The highest BCUT2D eigenvalue weighted by molar-refractivity contribution is 6.42. The molecule has 0 aromatic heterocycles. The molecule has 1 fully saturated rings. The lowest BCUT2D eigenvalue weighted by Gasteiger charge is -2.35. The zero-order valence-electron chi connectivity index (χ0n) is 12.6. The number of nitro benzene ring substituents is 1. The summed E-state index contributed by atoms with van der Waals surface area (Å²) in [7, 11) is 1.55. The largest absolute Gasteiger partial charge is 0.372 e. The fraction of sp³-hybridized carbons (Fsp3) is 0.500. The lowest BCUT2D eigenvalue weighted by Crippen LogP contribution is -2.46. The molecule has 0 bridgehead atoms. The highest BCUT2D eigenvalue weighted by Crippen LogP contribution is 2.32. The highest BCUT2D eigenvalue weighted by Gasteiger charge is 2.39. The van der Waals surface area contributed by atoms with Gasteiger partial charge in [0.1, 0.15) is 11.3 Å². The zero-order chi connectivity index (χ0) is 16.2. The van der Waals surface area contributed by atoms with Gasteiger partial charge >= 0.3 is 0 Å². The third-order valence-electron chi connectivity index (χ3n) is 4.30. The number of hydrogen-bond acceptors (Lipinski definition) is 5. The third kappa shape index (κ3) is 3.39. The maximum absolute atomic E-state index is 12.4. The van der Waals surface area contributed by atoms with Gasteiger partial charge in [-0.2, -0.15) is 0 Å². The van der Waals surface area contributed by atoms with Crippen LogP contribution in [0.2, 0.25) is 0 Å². The lowest BCUT2D eigenvalue weighted by molar-refractivity contribution is -0.384. The molecule has 6 nitrogen and oxygen atoms in total. The summed E-state index contributed by atoms with van der Waals surface area (Å²) in [6.45, 7) is 0. The average molecular weight is 304 g/mol. The normalized spacial score (nSPS) is 17.0. The van der Waals surface area contributed by atoms with Crippen LogP contribution in [0.3, 0.4) is 0 Å². The van der Waals surface area contributed by atoms with E-state index < -0.39 is 10.5 Å². The molecule has 1 aliphatic rings. The number of methoxy groups -OCH3 is 1. The van der Waals surface area contributed by atoms with Crippen LogP contribution >= 0.6 is 0 Å². The summed E-state index contributed by atoms with van der Waals surface area (Å²) in [5.74, 6) is -0.280. The molecule has 118 valence electrons. The van der Waals surface area contributed by atoms with Crippen molar-refractivity contribution in [2.75, 3.05) is 7.11 Å². The number of ketones is 1. The van der Waals surface area contributed by atoms with Gasteiger partial charge in [0.25, 0.3) is 5.69 Å². The van der Waals surface area contributed by atoms with Crippen molar-refractivity contribution in [1.29, 1.82) is 5.41 Å². The first-order valence-corrected chi connectivity index (χ1v) is 7.39. The molecular formula is C16H20N2O4. The van der Waals surface area contributed by atoms with Crippen molar-refractivity contribution in [2.45, 2.75) is 44.1 Å². The fourth-order valence-corrected chi connectivity index (χ4v) is 2.94. The van der Waals surface area contributed by atoms with Crippen LogP contribution < -0.4 is 0 Å². The number of ether oxygens (including phenoxy) is 1. The Kier molecular flexibility index (Phi) is 5.03. The number of carbonyl (C=O) groups is 1. The van der Waals surface area contributed by atoms with Crippen molar-refractivity contribution in [2.24, 2.45) is 0 Å². The van der Waals surface area contributed by atoms with E-state index in [-0.39, 0.29) is 23.6 Å². The van der Waals surface area contributed by atoms with Gasteiger partial charge in [0.05, 0.1) is 4.92 Å². The Morgan fingerprint density at radius 3 is 2.36 bits per heavy atom. The van der Waals surface area contributed by atoms with Crippen molar-refractivity contribution in [3.8, 4) is 0 Å². The Morgan fingerprint density at radius 2 is 1.86 bits per heavy atom. The van der Waals surface area contributed by atoms with E-state index in [2.05, 4.69) is 0 Å². The Labute approximate surface area is 129 Å². The van der Waals surface area contributed by atoms with Crippen molar-refractivity contribution >= 4 is 17.2 Å². The molecule has 0 radical (unpaired) electrons. The standard InChI is InChI=1S/C16H20N2O4/c1-22-16(9-3-2-4-10-16)15(17)14(19)11-12-5-7-13(8-6-12)18(20)21/h5-8,17H,2-4,9-11H2,1H3. The van der Waals surface area contributed by atoms with Crippen molar-refractivity contribution in [1.82, 2.24) is 0 Å². The molecule has 0 saturated heterocycles. The molecule has 0 spiro atoms. The summed E-state index contributed by atoms with van der Waals surface area (Å²) in [6.07, 6.45) is 4.50. The number of nitrogens with zero attached hydrogens (tertiary/aromatic N) is 1. The quantitative estimate of drug-likeness (QED) is 0.496. The fourth-order valence-electron chi connectivity index (χ4n) is 2.94. The number of nitro groups is 1. The molecule has 1 aromatic rings. The molecule has 6 heteroatoms. The second-order valence-corrected chi connectivity index (χ2v) is 5.66. The summed E-state index contributed by atoms with van der Waals surface area (Å²) in [6, 6.07) is 5.87. The summed E-state index contributed by atoms with van der Waals surface area (Å²) in [5, 5.41) is 18.8. The summed E-state index contributed by atoms with van der Waals surface area (Å²) in [5.41, 5.74) is -0.0711. The van der Waals surface area contributed by atoms with Crippen LogP contribution in [0, 0.1) is 15.5 Å². The minimum atomic E-state index is -0.754. The van der Waals surface area contributed by atoms with Gasteiger partial charge in [-0.3, -0.25) is 20.3 Å². The van der Waals surface area contributed by atoms with Crippen molar-refractivity contribution in [3.05, 3.63) is 39.9 Å². The van der Waals surface area contributed by atoms with Gasteiger partial charge in [-0.1, -0.05) is 31.4 Å². The second-order valence-electron chi connectivity index (χ2n) is 5.66. The lowest BCUT2D eigenvalue weighted by atomic mass is 9.79. The number of nitrogens with one attached hydrogen (secondary N) is 1. The summed E-state index contributed by atoms with van der Waals surface area (Å²) >= 11 is 0. The molecule has 1 saturated carbocycles. The number of rotatable bonds is 6. The van der Waals surface area contributed by atoms with Crippen LogP contribution in [0.25, 0.3) is 0 Å². The average Bonchev–Trinajstić information content (AvgIpc) is 2.55. The van der Waals surface area contributed by atoms with Gasteiger partial charge in [-0.05, 0) is 18.4 Å². The summed E-state index contributed by atoms with van der Waals surface area (Å²) < 4.78 is 5.52. The Morgan fingerprint density at radius 1 is 1.27 bits per heavy atom. The van der Waals surface area contributed by atoms with Gasteiger partial charge in [0.15, 0.2) is 5.78 Å². The number of benzene rings is 1. The van der Waals surface area contributed by atoms with Gasteiger partial charge in [-0.15, -0.1) is 0 Å². The first-order valence-electron chi connectivity index (χ1n) is 7.39.